The van der Waals surface area contributed by atoms with E-state index in [2.05, 4.69) is 30.7 Å². The van der Waals surface area contributed by atoms with Gasteiger partial charge in [-0.05, 0) is 59.4 Å². The minimum atomic E-state index is -3.60. The first-order valence-corrected chi connectivity index (χ1v) is 10.9. The summed E-state index contributed by atoms with van der Waals surface area (Å²) in [5.74, 6) is 0.748. The maximum Gasteiger partial charge on any atom is 0.240 e. The van der Waals surface area contributed by atoms with E-state index in [0.29, 0.717) is 6.42 Å². The van der Waals surface area contributed by atoms with Crippen LogP contribution < -0.4 is 9.46 Å². The molecule has 0 heterocycles. The molecule has 0 aromatic heterocycles. The van der Waals surface area contributed by atoms with Crippen LogP contribution in [0.25, 0.3) is 10.8 Å². The van der Waals surface area contributed by atoms with E-state index in [-0.39, 0.29) is 16.4 Å². The van der Waals surface area contributed by atoms with Crippen molar-refractivity contribution in [3.8, 4) is 5.75 Å². The Morgan fingerprint density at radius 1 is 0.964 bits per heavy atom. The van der Waals surface area contributed by atoms with Crippen molar-refractivity contribution < 1.29 is 13.2 Å². The summed E-state index contributed by atoms with van der Waals surface area (Å²) in [6, 6.07) is 20.7. The van der Waals surface area contributed by atoms with Crippen LogP contribution in [0.2, 0.25) is 0 Å². The predicted molar refractivity (Wildman–Crippen MR) is 114 cm³/mol. The normalized spacial score (nSPS) is 13.4. The first kappa shape index (κ1) is 20.4. The molecule has 28 heavy (non-hydrogen) atoms. The summed E-state index contributed by atoms with van der Waals surface area (Å²) in [5, 5.41) is 1.80. The Morgan fingerprint density at radius 3 is 2.29 bits per heavy atom. The van der Waals surface area contributed by atoms with Gasteiger partial charge in [-0.2, -0.15) is 0 Å². The molecule has 3 aromatic carbocycles. The number of nitrogens with one attached hydrogen (secondary N) is 1. The van der Waals surface area contributed by atoms with E-state index >= 15 is 0 Å². The van der Waals surface area contributed by atoms with Crippen LogP contribution in [-0.2, 0) is 15.4 Å². The van der Waals surface area contributed by atoms with E-state index in [1.165, 1.54) is 5.56 Å². The largest absolute Gasteiger partial charge is 0.497 e. The Labute approximate surface area is 167 Å². The highest BCUT2D eigenvalue weighted by Crippen LogP contribution is 2.29. The fraction of sp³-hybridized carbons (Fsp3) is 0.304. The molecule has 0 aliphatic heterocycles. The van der Waals surface area contributed by atoms with Gasteiger partial charge in [-0.25, -0.2) is 13.1 Å². The molecule has 4 nitrogen and oxygen atoms in total. The van der Waals surface area contributed by atoms with Crippen molar-refractivity contribution in [2.24, 2.45) is 0 Å². The maximum absolute atomic E-state index is 12.9. The lowest BCUT2D eigenvalue weighted by Gasteiger charge is -2.29. The van der Waals surface area contributed by atoms with Crippen LogP contribution >= 0.6 is 0 Å². The summed E-state index contributed by atoms with van der Waals surface area (Å²) in [6.45, 7) is 6.18. The Hall–Kier alpha value is -2.37. The molecular weight excluding hydrogens is 370 g/mol. The number of hydrogen-bond donors (Lipinski definition) is 1. The van der Waals surface area contributed by atoms with E-state index in [0.717, 1.165) is 16.5 Å². The Balaban J connectivity index is 1.78. The number of hydrogen-bond acceptors (Lipinski definition) is 3. The summed E-state index contributed by atoms with van der Waals surface area (Å²) in [5.41, 5.74) is 1.06. The molecule has 1 unspecified atom stereocenters. The molecule has 0 bridgehead atoms. The van der Waals surface area contributed by atoms with Gasteiger partial charge in [0.1, 0.15) is 5.75 Å². The van der Waals surface area contributed by atoms with Gasteiger partial charge in [0.05, 0.1) is 12.0 Å². The minimum Gasteiger partial charge on any atom is -0.497 e. The Kier molecular flexibility index (Phi) is 5.77. The van der Waals surface area contributed by atoms with E-state index in [1.807, 2.05) is 49.4 Å². The predicted octanol–water partition coefficient (Wildman–Crippen LogP) is 4.88. The number of fused-ring (bicyclic) bond motifs is 1. The smallest absolute Gasteiger partial charge is 0.240 e. The standard InChI is InChI=1S/C23H27NO3S/c1-17(16-23(2,3)20-8-6-5-7-9-20)24-28(25,26)22-13-11-18-14-21(27-4)12-10-19(18)15-22/h5-15,17,24H,16H2,1-4H3. The van der Waals surface area contributed by atoms with Crippen LogP contribution in [0.15, 0.2) is 71.6 Å². The quantitative estimate of drug-likeness (QED) is 0.618. The average molecular weight is 398 g/mol. The molecule has 1 atom stereocenters. The third-order valence-corrected chi connectivity index (χ3v) is 6.64. The summed E-state index contributed by atoms with van der Waals surface area (Å²) < 4.78 is 33.8. The first-order chi connectivity index (χ1) is 13.2. The highest BCUT2D eigenvalue weighted by molar-refractivity contribution is 7.89. The molecule has 1 N–H and O–H groups in total. The molecule has 3 rings (SSSR count). The number of ether oxygens (including phenoxy) is 1. The molecule has 0 amide bonds. The second kappa shape index (κ2) is 7.94. The second-order valence-corrected chi connectivity index (χ2v) is 9.57. The Morgan fingerprint density at radius 2 is 1.61 bits per heavy atom. The van der Waals surface area contributed by atoms with Crippen molar-refractivity contribution in [3.05, 3.63) is 72.3 Å². The summed E-state index contributed by atoms with van der Waals surface area (Å²) in [7, 11) is -1.99. The summed E-state index contributed by atoms with van der Waals surface area (Å²) in [4.78, 5) is 0.273. The van der Waals surface area contributed by atoms with Crippen molar-refractivity contribution >= 4 is 20.8 Å². The van der Waals surface area contributed by atoms with Crippen LogP contribution in [0, 0.1) is 0 Å². The van der Waals surface area contributed by atoms with E-state index in [1.54, 1.807) is 19.2 Å². The molecule has 0 saturated carbocycles. The molecule has 0 aliphatic carbocycles. The molecule has 3 aromatic rings. The maximum atomic E-state index is 12.9. The minimum absolute atomic E-state index is 0.136. The zero-order valence-corrected chi connectivity index (χ0v) is 17.6. The molecule has 0 saturated heterocycles. The highest BCUT2D eigenvalue weighted by atomic mass is 32.2. The van der Waals surface area contributed by atoms with Gasteiger partial charge in [-0.1, -0.05) is 56.3 Å². The number of benzene rings is 3. The first-order valence-electron chi connectivity index (χ1n) is 9.37. The molecule has 148 valence electrons. The lowest BCUT2D eigenvalue weighted by molar-refractivity contribution is 0.415. The van der Waals surface area contributed by atoms with E-state index < -0.39 is 10.0 Å². The monoisotopic (exact) mass is 397 g/mol. The topological polar surface area (TPSA) is 55.4 Å². The fourth-order valence-electron chi connectivity index (χ4n) is 3.64. The van der Waals surface area contributed by atoms with Crippen molar-refractivity contribution in [1.29, 1.82) is 0 Å². The zero-order valence-electron chi connectivity index (χ0n) is 16.8. The average Bonchev–Trinajstić information content (AvgIpc) is 2.66. The molecule has 5 heteroatoms. The van der Waals surface area contributed by atoms with E-state index in [9.17, 15) is 8.42 Å². The van der Waals surface area contributed by atoms with Crippen molar-refractivity contribution in [2.45, 2.75) is 43.5 Å². The highest BCUT2D eigenvalue weighted by Gasteiger charge is 2.26. The van der Waals surface area contributed by atoms with Gasteiger partial charge < -0.3 is 4.74 Å². The van der Waals surface area contributed by atoms with Crippen molar-refractivity contribution in [2.75, 3.05) is 7.11 Å². The third-order valence-electron chi connectivity index (χ3n) is 5.06. The SMILES string of the molecule is COc1ccc2cc(S(=O)(=O)NC(C)CC(C)(C)c3ccccc3)ccc2c1. The van der Waals surface area contributed by atoms with Gasteiger partial charge in [-0.15, -0.1) is 0 Å². The van der Waals surface area contributed by atoms with Crippen LogP contribution in [0.3, 0.4) is 0 Å². The van der Waals surface area contributed by atoms with Gasteiger partial charge in [0.25, 0.3) is 0 Å². The number of rotatable bonds is 7. The summed E-state index contributed by atoms with van der Waals surface area (Å²) >= 11 is 0. The van der Waals surface area contributed by atoms with Gasteiger partial charge in [-0.3, -0.25) is 0 Å². The van der Waals surface area contributed by atoms with Crippen LogP contribution in [0.1, 0.15) is 32.8 Å². The van der Waals surface area contributed by atoms with Crippen LogP contribution in [0.5, 0.6) is 5.75 Å². The zero-order chi connectivity index (χ0) is 20.4. The lowest BCUT2D eigenvalue weighted by atomic mass is 9.79. The molecule has 0 spiro atoms. The van der Waals surface area contributed by atoms with Crippen molar-refractivity contribution in [1.82, 2.24) is 4.72 Å². The Bertz CT molecular complexity index is 1060. The fourth-order valence-corrected chi connectivity index (χ4v) is 4.92. The molecule has 0 radical (unpaired) electrons. The van der Waals surface area contributed by atoms with Crippen molar-refractivity contribution in [3.63, 3.8) is 0 Å². The molecular formula is C23H27NO3S. The molecule has 0 aliphatic rings. The number of sulfonamides is 1. The van der Waals surface area contributed by atoms with Gasteiger partial charge in [0.2, 0.25) is 10.0 Å². The van der Waals surface area contributed by atoms with E-state index in [4.69, 9.17) is 4.74 Å². The van der Waals surface area contributed by atoms with Gasteiger partial charge in [0.15, 0.2) is 0 Å². The lowest BCUT2D eigenvalue weighted by Crippen LogP contribution is -2.37. The van der Waals surface area contributed by atoms with Gasteiger partial charge >= 0.3 is 0 Å². The second-order valence-electron chi connectivity index (χ2n) is 7.85. The van der Waals surface area contributed by atoms with Crippen LogP contribution in [-0.4, -0.2) is 21.6 Å². The summed E-state index contributed by atoms with van der Waals surface area (Å²) in [6.07, 6.45) is 0.695. The number of methoxy groups -OCH3 is 1. The van der Waals surface area contributed by atoms with Gasteiger partial charge in [0, 0.05) is 6.04 Å². The third kappa shape index (κ3) is 4.54. The van der Waals surface area contributed by atoms with Crippen LogP contribution in [0.4, 0.5) is 0 Å². The molecule has 0 fully saturated rings.